The lowest BCUT2D eigenvalue weighted by Crippen LogP contribution is -2.44. The van der Waals surface area contributed by atoms with Gasteiger partial charge in [0, 0.05) is 25.1 Å². The van der Waals surface area contributed by atoms with Crippen molar-refractivity contribution in [2.24, 2.45) is 17.3 Å². The molecule has 1 unspecified atom stereocenters. The molecule has 1 rings (SSSR count). The summed E-state index contributed by atoms with van der Waals surface area (Å²) in [7, 11) is 2.25. The molecule has 0 saturated carbocycles. The maximum Gasteiger partial charge on any atom is 0.0547 e. The van der Waals surface area contributed by atoms with Crippen LogP contribution < -0.4 is 5.32 Å². The Kier molecular flexibility index (Phi) is 7.33. The highest BCUT2D eigenvalue weighted by atomic mass is 16.5. The highest BCUT2D eigenvalue weighted by Gasteiger charge is 2.35. The first-order chi connectivity index (χ1) is 8.93. The average molecular weight is 270 g/mol. The summed E-state index contributed by atoms with van der Waals surface area (Å²) in [5, 5.41) is 3.63. The van der Waals surface area contributed by atoms with Crippen LogP contribution in [0.4, 0.5) is 0 Å². The molecule has 0 aromatic carbocycles. The number of ether oxygens (including phenoxy) is 1. The van der Waals surface area contributed by atoms with Crippen LogP contribution in [0.5, 0.6) is 0 Å². The molecule has 1 N–H and O–H groups in total. The first-order valence-corrected chi connectivity index (χ1v) is 7.90. The van der Waals surface area contributed by atoms with Crippen LogP contribution in [-0.2, 0) is 4.74 Å². The molecule has 1 fully saturated rings. The Labute approximate surface area is 120 Å². The van der Waals surface area contributed by atoms with Crippen molar-refractivity contribution in [2.45, 2.75) is 40.5 Å². The minimum Gasteiger partial charge on any atom is -0.381 e. The van der Waals surface area contributed by atoms with Crippen molar-refractivity contribution < 1.29 is 4.74 Å². The predicted octanol–water partition coefficient (Wildman–Crippen LogP) is 2.62. The lowest BCUT2D eigenvalue weighted by molar-refractivity contribution is 0.116. The summed E-state index contributed by atoms with van der Waals surface area (Å²) in [5.41, 5.74) is 0.334. The second-order valence-corrected chi connectivity index (χ2v) is 7.25. The van der Waals surface area contributed by atoms with Gasteiger partial charge in [0.2, 0.25) is 0 Å². The quantitative estimate of drug-likeness (QED) is 0.697. The van der Waals surface area contributed by atoms with Gasteiger partial charge in [0.25, 0.3) is 0 Å². The zero-order valence-electron chi connectivity index (χ0n) is 13.7. The molecule has 1 aliphatic rings. The maximum atomic E-state index is 5.68. The summed E-state index contributed by atoms with van der Waals surface area (Å²) in [5.74, 6) is 1.51. The molecule has 0 aromatic rings. The summed E-state index contributed by atoms with van der Waals surface area (Å²) in [4.78, 5) is 2.49. The Hall–Kier alpha value is -0.120. The SMILES string of the molecule is CC(C)CCN(C)CC1(CNCC(C)C)CCOC1. The lowest BCUT2D eigenvalue weighted by atomic mass is 9.86. The summed E-state index contributed by atoms with van der Waals surface area (Å²) in [6.07, 6.45) is 2.48. The zero-order valence-corrected chi connectivity index (χ0v) is 13.7. The van der Waals surface area contributed by atoms with Gasteiger partial charge in [0.05, 0.1) is 6.61 Å². The Morgan fingerprint density at radius 3 is 2.47 bits per heavy atom. The molecule has 19 heavy (non-hydrogen) atoms. The van der Waals surface area contributed by atoms with Crippen LogP contribution >= 0.6 is 0 Å². The third kappa shape index (κ3) is 6.73. The molecule has 1 heterocycles. The van der Waals surface area contributed by atoms with Crippen LogP contribution in [0.15, 0.2) is 0 Å². The van der Waals surface area contributed by atoms with E-state index in [1.54, 1.807) is 0 Å². The summed E-state index contributed by atoms with van der Waals surface area (Å²) in [6, 6.07) is 0. The predicted molar refractivity (Wildman–Crippen MR) is 82.5 cm³/mol. The maximum absolute atomic E-state index is 5.68. The van der Waals surface area contributed by atoms with Gasteiger partial charge in [-0.3, -0.25) is 0 Å². The van der Waals surface area contributed by atoms with Gasteiger partial charge in [-0.1, -0.05) is 27.7 Å². The first-order valence-electron chi connectivity index (χ1n) is 7.90. The van der Waals surface area contributed by atoms with Crippen molar-refractivity contribution in [2.75, 3.05) is 46.4 Å². The van der Waals surface area contributed by atoms with Gasteiger partial charge >= 0.3 is 0 Å². The number of hydrogen-bond donors (Lipinski definition) is 1. The zero-order chi connectivity index (χ0) is 14.3. The van der Waals surface area contributed by atoms with Crippen LogP contribution in [0, 0.1) is 17.3 Å². The summed E-state index contributed by atoms with van der Waals surface area (Å²) >= 11 is 0. The molecule has 0 radical (unpaired) electrons. The minimum absolute atomic E-state index is 0.334. The summed E-state index contributed by atoms with van der Waals surface area (Å²) in [6.45, 7) is 15.5. The van der Waals surface area contributed by atoms with Gasteiger partial charge in [0.1, 0.15) is 0 Å². The van der Waals surface area contributed by atoms with Crippen LogP contribution in [0.25, 0.3) is 0 Å². The monoisotopic (exact) mass is 270 g/mol. The van der Waals surface area contributed by atoms with E-state index in [9.17, 15) is 0 Å². The molecule has 0 bridgehead atoms. The van der Waals surface area contributed by atoms with Crippen molar-refractivity contribution in [3.8, 4) is 0 Å². The molecular formula is C16H34N2O. The van der Waals surface area contributed by atoms with Crippen molar-refractivity contribution >= 4 is 0 Å². The fraction of sp³-hybridized carbons (Fsp3) is 1.00. The van der Waals surface area contributed by atoms with E-state index in [0.717, 1.165) is 44.7 Å². The Balaban J connectivity index is 2.38. The van der Waals surface area contributed by atoms with Gasteiger partial charge in [-0.05, 0) is 44.8 Å². The molecule has 1 atom stereocenters. The van der Waals surface area contributed by atoms with E-state index in [2.05, 4.69) is 45.0 Å². The van der Waals surface area contributed by atoms with Gasteiger partial charge in [-0.2, -0.15) is 0 Å². The van der Waals surface area contributed by atoms with Gasteiger partial charge in [-0.25, -0.2) is 0 Å². The van der Waals surface area contributed by atoms with E-state index in [1.807, 2.05) is 0 Å². The van der Waals surface area contributed by atoms with E-state index in [1.165, 1.54) is 19.4 Å². The Bertz CT molecular complexity index is 235. The van der Waals surface area contributed by atoms with Crippen molar-refractivity contribution in [3.63, 3.8) is 0 Å². The molecule has 3 nitrogen and oxygen atoms in total. The topological polar surface area (TPSA) is 24.5 Å². The highest BCUT2D eigenvalue weighted by Crippen LogP contribution is 2.29. The molecule has 1 saturated heterocycles. The third-order valence-corrected chi connectivity index (χ3v) is 3.93. The molecule has 3 heteroatoms. The van der Waals surface area contributed by atoms with E-state index in [4.69, 9.17) is 4.74 Å². The molecule has 0 aromatic heterocycles. The smallest absolute Gasteiger partial charge is 0.0547 e. The van der Waals surface area contributed by atoms with Crippen LogP contribution in [0.2, 0.25) is 0 Å². The second kappa shape index (κ2) is 8.23. The minimum atomic E-state index is 0.334. The highest BCUT2D eigenvalue weighted by molar-refractivity contribution is 4.88. The number of rotatable bonds is 9. The van der Waals surface area contributed by atoms with E-state index >= 15 is 0 Å². The van der Waals surface area contributed by atoms with Gasteiger partial charge in [-0.15, -0.1) is 0 Å². The van der Waals surface area contributed by atoms with E-state index < -0.39 is 0 Å². The van der Waals surface area contributed by atoms with Crippen LogP contribution in [0.1, 0.15) is 40.5 Å². The van der Waals surface area contributed by atoms with E-state index in [0.29, 0.717) is 5.41 Å². The van der Waals surface area contributed by atoms with Crippen molar-refractivity contribution in [1.82, 2.24) is 10.2 Å². The normalized spacial score (nSPS) is 24.0. The molecule has 1 aliphatic heterocycles. The Morgan fingerprint density at radius 2 is 1.95 bits per heavy atom. The molecule has 114 valence electrons. The fourth-order valence-electron chi connectivity index (χ4n) is 2.73. The first kappa shape index (κ1) is 16.9. The third-order valence-electron chi connectivity index (χ3n) is 3.93. The Morgan fingerprint density at radius 1 is 1.21 bits per heavy atom. The molecule has 0 amide bonds. The van der Waals surface area contributed by atoms with Crippen molar-refractivity contribution in [3.05, 3.63) is 0 Å². The molecule has 0 spiro atoms. The van der Waals surface area contributed by atoms with Gasteiger partial charge < -0.3 is 15.0 Å². The summed E-state index contributed by atoms with van der Waals surface area (Å²) < 4.78 is 5.68. The average Bonchev–Trinajstić information content (AvgIpc) is 2.74. The second-order valence-electron chi connectivity index (χ2n) is 7.25. The van der Waals surface area contributed by atoms with Crippen molar-refractivity contribution in [1.29, 1.82) is 0 Å². The fourth-order valence-corrected chi connectivity index (χ4v) is 2.73. The largest absolute Gasteiger partial charge is 0.381 e. The molecular weight excluding hydrogens is 236 g/mol. The standard InChI is InChI=1S/C16H34N2O/c1-14(2)6-8-18(5)12-16(7-9-19-13-16)11-17-10-15(3)4/h14-15,17H,6-13H2,1-5H3. The van der Waals surface area contributed by atoms with E-state index in [-0.39, 0.29) is 0 Å². The number of nitrogens with one attached hydrogen (secondary N) is 1. The molecule has 0 aliphatic carbocycles. The van der Waals surface area contributed by atoms with Crippen LogP contribution in [-0.4, -0.2) is 51.3 Å². The van der Waals surface area contributed by atoms with Crippen LogP contribution in [0.3, 0.4) is 0 Å². The number of nitrogens with zero attached hydrogens (tertiary/aromatic N) is 1. The van der Waals surface area contributed by atoms with Gasteiger partial charge in [0.15, 0.2) is 0 Å². The number of hydrogen-bond acceptors (Lipinski definition) is 3. The lowest BCUT2D eigenvalue weighted by Gasteiger charge is -2.33.